The second kappa shape index (κ2) is 8.08. The van der Waals surface area contributed by atoms with Crippen LogP contribution in [0.3, 0.4) is 0 Å². The van der Waals surface area contributed by atoms with Gasteiger partial charge in [0, 0.05) is 24.5 Å². The highest BCUT2D eigenvalue weighted by Crippen LogP contribution is 2.19. The van der Waals surface area contributed by atoms with Crippen LogP contribution in [0.5, 0.6) is 0 Å². The topological polar surface area (TPSA) is 69.6 Å². The van der Waals surface area contributed by atoms with Gasteiger partial charge in [-0.15, -0.1) is 11.8 Å². The van der Waals surface area contributed by atoms with Gasteiger partial charge in [0.1, 0.15) is 0 Å². The molecule has 0 radical (unpaired) electrons. The van der Waals surface area contributed by atoms with Crippen LogP contribution in [0.25, 0.3) is 0 Å². The van der Waals surface area contributed by atoms with Crippen molar-refractivity contribution < 1.29 is 14.7 Å². The standard InChI is InChI=1S/C16H22N2O3S/c1-2-22-14-5-3-4-12(10-14)11-17-16(21)18-8-6-13(7-9-18)15(19)20/h3-5,10,13H,2,6-9,11H2,1H3,(H,17,21)(H,19,20). The molecule has 0 atom stereocenters. The lowest BCUT2D eigenvalue weighted by Crippen LogP contribution is -2.45. The Morgan fingerprint density at radius 3 is 2.73 bits per heavy atom. The third kappa shape index (κ3) is 4.66. The van der Waals surface area contributed by atoms with E-state index in [0.29, 0.717) is 32.5 Å². The number of amides is 2. The van der Waals surface area contributed by atoms with Crippen LogP contribution in [0.15, 0.2) is 29.2 Å². The molecular weight excluding hydrogens is 300 g/mol. The number of thioether (sulfide) groups is 1. The number of nitrogens with zero attached hydrogens (tertiary/aromatic N) is 1. The maximum atomic E-state index is 12.1. The van der Waals surface area contributed by atoms with Crippen LogP contribution in [0.4, 0.5) is 4.79 Å². The molecule has 1 aliphatic rings. The molecule has 1 fully saturated rings. The zero-order chi connectivity index (χ0) is 15.9. The molecule has 5 nitrogen and oxygen atoms in total. The summed E-state index contributed by atoms with van der Waals surface area (Å²) in [4.78, 5) is 25.9. The van der Waals surface area contributed by atoms with Crippen molar-refractivity contribution in [1.29, 1.82) is 0 Å². The number of piperidine rings is 1. The fourth-order valence-corrected chi connectivity index (χ4v) is 3.27. The molecule has 2 rings (SSSR count). The van der Waals surface area contributed by atoms with Crippen molar-refractivity contribution in [3.63, 3.8) is 0 Å². The highest BCUT2D eigenvalue weighted by molar-refractivity contribution is 7.99. The molecule has 120 valence electrons. The fraction of sp³-hybridized carbons (Fsp3) is 0.500. The summed E-state index contributed by atoms with van der Waals surface area (Å²) in [7, 11) is 0. The van der Waals surface area contributed by atoms with Crippen molar-refractivity contribution in [2.24, 2.45) is 5.92 Å². The average molecular weight is 322 g/mol. The number of likely N-dealkylation sites (tertiary alicyclic amines) is 1. The van der Waals surface area contributed by atoms with E-state index in [-0.39, 0.29) is 11.9 Å². The van der Waals surface area contributed by atoms with E-state index in [1.54, 1.807) is 16.7 Å². The molecule has 0 saturated carbocycles. The predicted molar refractivity (Wildman–Crippen MR) is 87.0 cm³/mol. The third-order valence-corrected chi connectivity index (χ3v) is 4.66. The van der Waals surface area contributed by atoms with Gasteiger partial charge in [-0.25, -0.2) is 4.79 Å². The van der Waals surface area contributed by atoms with Gasteiger partial charge >= 0.3 is 12.0 Å². The summed E-state index contributed by atoms with van der Waals surface area (Å²) in [5.41, 5.74) is 1.08. The summed E-state index contributed by atoms with van der Waals surface area (Å²) in [5.74, 6) is -0.0500. The lowest BCUT2D eigenvalue weighted by Gasteiger charge is -2.30. The maximum Gasteiger partial charge on any atom is 0.317 e. The molecule has 1 aromatic carbocycles. The smallest absolute Gasteiger partial charge is 0.317 e. The highest BCUT2D eigenvalue weighted by Gasteiger charge is 2.26. The van der Waals surface area contributed by atoms with Gasteiger partial charge in [-0.05, 0) is 36.3 Å². The number of carboxylic acids is 1. The first-order valence-corrected chi connectivity index (χ1v) is 8.56. The van der Waals surface area contributed by atoms with Gasteiger partial charge in [-0.3, -0.25) is 4.79 Å². The zero-order valence-electron chi connectivity index (χ0n) is 12.7. The molecule has 2 N–H and O–H groups in total. The molecule has 1 saturated heterocycles. The Bertz CT molecular complexity index is 528. The number of aliphatic carboxylic acids is 1. The molecule has 0 aliphatic carbocycles. The Hall–Kier alpha value is -1.69. The van der Waals surface area contributed by atoms with Crippen LogP contribution in [-0.2, 0) is 11.3 Å². The average Bonchev–Trinajstić information content (AvgIpc) is 2.53. The Balaban J connectivity index is 1.80. The number of nitrogens with one attached hydrogen (secondary N) is 1. The van der Waals surface area contributed by atoms with E-state index in [2.05, 4.69) is 24.4 Å². The number of carbonyl (C=O) groups is 2. The molecule has 1 aliphatic heterocycles. The van der Waals surface area contributed by atoms with Crippen molar-refractivity contribution in [2.75, 3.05) is 18.8 Å². The normalized spacial score (nSPS) is 15.6. The first kappa shape index (κ1) is 16.7. The maximum absolute atomic E-state index is 12.1. The summed E-state index contributed by atoms with van der Waals surface area (Å²) in [5, 5.41) is 11.9. The molecule has 6 heteroatoms. The van der Waals surface area contributed by atoms with Crippen LogP contribution in [0.1, 0.15) is 25.3 Å². The minimum absolute atomic E-state index is 0.114. The van der Waals surface area contributed by atoms with Crippen LogP contribution in [-0.4, -0.2) is 40.8 Å². The summed E-state index contributed by atoms with van der Waals surface area (Å²) < 4.78 is 0. The van der Waals surface area contributed by atoms with Crippen molar-refractivity contribution in [1.82, 2.24) is 10.2 Å². The van der Waals surface area contributed by atoms with Crippen molar-refractivity contribution in [3.8, 4) is 0 Å². The molecule has 22 heavy (non-hydrogen) atoms. The van der Waals surface area contributed by atoms with Crippen molar-refractivity contribution in [2.45, 2.75) is 31.2 Å². The van der Waals surface area contributed by atoms with E-state index < -0.39 is 5.97 Å². The minimum Gasteiger partial charge on any atom is -0.481 e. The summed E-state index contributed by atoms with van der Waals surface area (Å²) in [6.07, 6.45) is 1.07. The molecule has 0 aromatic heterocycles. The molecule has 0 spiro atoms. The van der Waals surface area contributed by atoms with Crippen LogP contribution in [0.2, 0.25) is 0 Å². The van der Waals surface area contributed by atoms with Gasteiger partial charge in [-0.2, -0.15) is 0 Å². The van der Waals surface area contributed by atoms with E-state index in [9.17, 15) is 9.59 Å². The lowest BCUT2D eigenvalue weighted by molar-refractivity contribution is -0.143. The van der Waals surface area contributed by atoms with Crippen LogP contribution < -0.4 is 5.32 Å². The number of hydrogen-bond donors (Lipinski definition) is 2. The molecule has 2 amide bonds. The number of benzene rings is 1. The zero-order valence-corrected chi connectivity index (χ0v) is 13.6. The number of rotatable bonds is 5. The molecule has 0 bridgehead atoms. The summed E-state index contributed by atoms with van der Waals surface area (Å²) in [6, 6.07) is 8.04. The quantitative estimate of drug-likeness (QED) is 0.818. The molecule has 0 unspecified atom stereocenters. The van der Waals surface area contributed by atoms with Crippen LogP contribution in [0, 0.1) is 5.92 Å². The van der Waals surface area contributed by atoms with E-state index in [4.69, 9.17) is 5.11 Å². The first-order chi connectivity index (χ1) is 10.6. The largest absolute Gasteiger partial charge is 0.481 e. The highest BCUT2D eigenvalue weighted by atomic mass is 32.2. The van der Waals surface area contributed by atoms with Gasteiger partial charge < -0.3 is 15.3 Å². The molecule has 1 heterocycles. The van der Waals surface area contributed by atoms with Gasteiger partial charge in [0.2, 0.25) is 0 Å². The number of hydrogen-bond acceptors (Lipinski definition) is 3. The molecule has 1 aromatic rings. The Kier molecular flexibility index (Phi) is 6.12. The van der Waals surface area contributed by atoms with Gasteiger partial charge in [0.25, 0.3) is 0 Å². The predicted octanol–water partition coefficient (Wildman–Crippen LogP) is 2.80. The minimum atomic E-state index is -0.759. The Labute approximate surface area is 135 Å². The van der Waals surface area contributed by atoms with Gasteiger partial charge in [0.15, 0.2) is 0 Å². The first-order valence-electron chi connectivity index (χ1n) is 7.57. The number of carbonyl (C=O) groups excluding carboxylic acids is 1. The monoisotopic (exact) mass is 322 g/mol. The Morgan fingerprint density at radius 1 is 1.36 bits per heavy atom. The van der Waals surface area contributed by atoms with E-state index in [1.165, 1.54) is 4.90 Å². The lowest BCUT2D eigenvalue weighted by atomic mass is 9.97. The van der Waals surface area contributed by atoms with Gasteiger partial charge in [0.05, 0.1) is 5.92 Å². The van der Waals surface area contributed by atoms with Gasteiger partial charge in [-0.1, -0.05) is 19.1 Å². The van der Waals surface area contributed by atoms with E-state index in [0.717, 1.165) is 11.3 Å². The number of carboxylic acid groups (broad SMARTS) is 1. The van der Waals surface area contributed by atoms with E-state index in [1.807, 2.05) is 12.1 Å². The summed E-state index contributed by atoms with van der Waals surface area (Å²) in [6.45, 7) is 3.62. The second-order valence-electron chi connectivity index (χ2n) is 5.34. The number of urea groups is 1. The van der Waals surface area contributed by atoms with E-state index >= 15 is 0 Å². The Morgan fingerprint density at radius 2 is 2.09 bits per heavy atom. The molecular formula is C16H22N2O3S. The third-order valence-electron chi connectivity index (χ3n) is 3.78. The van der Waals surface area contributed by atoms with Crippen molar-refractivity contribution in [3.05, 3.63) is 29.8 Å². The fourth-order valence-electron chi connectivity index (χ4n) is 2.53. The van der Waals surface area contributed by atoms with Crippen LogP contribution >= 0.6 is 11.8 Å². The van der Waals surface area contributed by atoms with Crippen molar-refractivity contribution >= 4 is 23.8 Å². The summed E-state index contributed by atoms with van der Waals surface area (Å²) >= 11 is 1.78. The second-order valence-corrected chi connectivity index (χ2v) is 6.68. The SMILES string of the molecule is CCSc1cccc(CNC(=O)N2CCC(C(=O)O)CC2)c1.